The Morgan fingerprint density at radius 3 is 2.61 bits per heavy atom. The van der Waals surface area contributed by atoms with Gasteiger partial charge in [0.1, 0.15) is 5.75 Å². The van der Waals surface area contributed by atoms with Crippen LogP contribution in [0.2, 0.25) is 0 Å². The van der Waals surface area contributed by atoms with Gasteiger partial charge in [0.2, 0.25) is 11.8 Å². The van der Waals surface area contributed by atoms with E-state index in [0.717, 1.165) is 17.9 Å². The Bertz CT molecular complexity index is 640. The number of aromatic nitrogens is 2. The van der Waals surface area contributed by atoms with Crippen LogP contribution in [0.3, 0.4) is 0 Å². The summed E-state index contributed by atoms with van der Waals surface area (Å²) in [6.07, 6.45) is 0. The molecule has 1 amide bonds. The van der Waals surface area contributed by atoms with Gasteiger partial charge in [0, 0.05) is 19.2 Å². The lowest BCUT2D eigenvalue weighted by molar-refractivity contribution is -0.127. The number of carbonyl (C=O) groups is 1. The number of nitrogens with zero attached hydrogens (tertiary/aromatic N) is 3. The molecule has 6 nitrogen and oxygen atoms in total. The zero-order valence-corrected chi connectivity index (χ0v) is 14.6. The molecule has 0 fully saturated rings. The smallest absolute Gasteiger partial charge is 0.277 e. The van der Waals surface area contributed by atoms with Gasteiger partial charge in [-0.3, -0.25) is 4.79 Å². The van der Waals surface area contributed by atoms with Crippen molar-refractivity contribution in [1.29, 1.82) is 0 Å². The topological polar surface area (TPSA) is 68.5 Å². The fraction of sp³-hybridized carbons (Fsp3) is 0.438. The number of amides is 1. The molecule has 0 atom stereocenters. The monoisotopic (exact) mass is 335 g/mol. The van der Waals surface area contributed by atoms with Crippen molar-refractivity contribution in [2.45, 2.75) is 19.1 Å². The first-order valence-corrected chi connectivity index (χ1v) is 8.33. The second-order valence-electron chi connectivity index (χ2n) is 5.56. The standard InChI is InChI=1S/C16H21N3O3S/c1-11(2)9-19(3)14(20)10-23-16-18-17-15(22-16)12-5-7-13(21-4)8-6-12/h5-8,11H,9-10H2,1-4H3. The van der Waals surface area contributed by atoms with E-state index in [1.54, 1.807) is 19.1 Å². The summed E-state index contributed by atoms with van der Waals surface area (Å²) in [4.78, 5) is 13.7. The van der Waals surface area contributed by atoms with Crippen LogP contribution in [0.15, 0.2) is 33.9 Å². The molecule has 0 aliphatic rings. The van der Waals surface area contributed by atoms with Gasteiger partial charge >= 0.3 is 0 Å². The Labute approximate surface area is 140 Å². The lowest BCUT2D eigenvalue weighted by Crippen LogP contribution is -2.31. The van der Waals surface area contributed by atoms with E-state index in [1.807, 2.05) is 24.3 Å². The van der Waals surface area contributed by atoms with Crippen molar-refractivity contribution < 1.29 is 13.9 Å². The van der Waals surface area contributed by atoms with E-state index in [4.69, 9.17) is 9.15 Å². The minimum absolute atomic E-state index is 0.0490. The van der Waals surface area contributed by atoms with Gasteiger partial charge < -0.3 is 14.1 Å². The van der Waals surface area contributed by atoms with Crippen molar-refractivity contribution in [3.05, 3.63) is 24.3 Å². The average Bonchev–Trinajstić information content (AvgIpc) is 3.01. The van der Waals surface area contributed by atoms with Crippen LogP contribution in [0.1, 0.15) is 13.8 Å². The van der Waals surface area contributed by atoms with Crippen LogP contribution in [0.5, 0.6) is 5.75 Å². The lowest BCUT2D eigenvalue weighted by Gasteiger charge is -2.18. The van der Waals surface area contributed by atoms with Gasteiger partial charge in [-0.2, -0.15) is 0 Å². The number of hydrogen-bond donors (Lipinski definition) is 0. The van der Waals surface area contributed by atoms with Crippen molar-refractivity contribution in [2.24, 2.45) is 5.92 Å². The van der Waals surface area contributed by atoms with Gasteiger partial charge in [-0.15, -0.1) is 10.2 Å². The first-order chi connectivity index (χ1) is 11.0. The highest BCUT2D eigenvalue weighted by atomic mass is 32.2. The second kappa shape index (κ2) is 8.01. The Morgan fingerprint density at radius 2 is 2.00 bits per heavy atom. The van der Waals surface area contributed by atoms with Crippen LogP contribution >= 0.6 is 11.8 Å². The SMILES string of the molecule is COc1ccc(-c2nnc(SCC(=O)N(C)CC(C)C)o2)cc1. The van der Waals surface area contributed by atoms with Crippen molar-refractivity contribution in [1.82, 2.24) is 15.1 Å². The normalized spacial score (nSPS) is 10.8. The molecule has 2 aromatic rings. The molecule has 1 aromatic heterocycles. The van der Waals surface area contributed by atoms with Crippen LogP contribution in [0.25, 0.3) is 11.5 Å². The van der Waals surface area contributed by atoms with Gasteiger partial charge in [-0.05, 0) is 30.2 Å². The zero-order chi connectivity index (χ0) is 16.8. The summed E-state index contributed by atoms with van der Waals surface area (Å²) in [6.45, 7) is 4.90. The van der Waals surface area contributed by atoms with E-state index < -0.39 is 0 Å². The summed E-state index contributed by atoms with van der Waals surface area (Å²) in [5, 5.41) is 8.37. The van der Waals surface area contributed by atoms with E-state index in [9.17, 15) is 4.79 Å². The molecule has 0 spiro atoms. The number of carbonyl (C=O) groups excluding carboxylic acids is 1. The van der Waals surface area contributed by atoms with E-state index in [2.05, 4.69) is 24.0 Å². The Kier molecular flexibility index (Phi) is 6.04. The van der Waals surface area contributed by atoms with Gasteiger partial charge in [0.05, 0.1) is 12.9 Å². The summed E-state index contributed by atoms with van der Waals surface area (Å²) in [6, 6.07) is 7.36. The minimum atomic E-state index is 0.0490. The van der Waals surface area contributed by atoms with E-state index in [1.165, 1.54) is 11.8 Å². The molecule has 0 aliphatic heterocycles. The van der Waals surface area contributed by atoms with Crippen molar-refractivity contribution in [2.75, 3.05) is 26.5 Å². The van der Waals surface area contributed by atoms with Crippen LogP contribution in [0.4, 0.5) is 0 Å². The van der Waals surface area contributed by atoms with Gasteiger partial charge in [-0.1, -0.05) is 25.6 Å². The van der Waals surface area contributed by atoms with Crippen molar-refractivity contribution in [3.63, 3.8) is 0 Å². The van der Waals surface area contributed by atoms with Crippen LogP contribution in [-0.4, -0.2) is 47.5 Å². The number of ether oxygens (including phenoxy) is 1. The highest BCUT2D eigenvalue weighted by molar-refractivity contribution is 7.99. The number of rotatable bonds is 7. The van der Waals surface area contributed by atoms with Gasteiger partial charge in [-0.25, -0.2) is 0 Å². The molecule has 2 rings (SSSR count). The molecular weight excluding hydrogens is 314 g/mol. The minimum Gasteiger partial charge on any atom is -0.497 e. The number of hydrogen-bond acceptors (Lipinski definition) is 6. The van der Waals surface area contributed by atoms with Gasteiger partial charge in [0.25, 0.3) is 5.22 Å². The Morgan fingerprint density at radius 1 is 1.30 bits per heavy atom. The van der Waals surface area contributed by atoms with Crippen LogP contribution in [0, 0.1) is 5.92 Å². The predicted octanol–water partition coefficient (Wildman–Crippen LogP) is 2.95. The van der Waals surface area contributed by atoms with Crippen LogP contribution < -0.4 is 4.74 Å². The molecule has 23 heavy (non-hydrogen) atoms. The predicted molar refractivity (Wildman–Crippen MR) is 89.5 cm³/mol. The average molecular weight is 335 g/mol. The summed E-state index contributed by atoms with van der Waals surface area (Å²) in [5.74, 6) is 1.97. The molecule has 1 aromatic carbocycles. The molecule has 0 bridgehead atoms. The van der Waals surface area contributed by atoms with Crippen LogP contribution in [-0.2, 0) is 4.79 Å². The zero-order valence-electron chi connectivity index (χ0n) is 13.8. The van der Waals surface area contributed by atoms with Crippen molar-refractivity contribution in [3.8, 4) is 17.2 Å². The quantitative estimate of drug-likeness (QED) is 0.725. The third-order valence-electron chi connectivity index (χ3n) is 3.13. The third-order valence-corrected chi connectivity index (χ3v) is 3.93. The largest absolute Gasteiger partial charge is 0.497 e. The highest BCUT2D eigenvalue weighted by Gasteiger charge is 2.14. The number of thioether (sulfide) groups is 1. The first-order valence-electron chi connectivity index (χ1n) is 7.34. The molecule has 0 unspecified atom stereocenters. The molecule has 124 valence electrons. The number of methoxy groups -OCH3 is 1. The lowest BCUT2D eigenvalue weighted by atomic mass is 10.2. The molecule has 0 saturated carbocycles. The Hall–Kier alpha value is -2.02. The van der Waals surface area contributed by atoms with E-state index in [-0.39, 0.29) is 11.7 Å². The molecule has 0 N–H and O–H groups in total. The molecular formula is C16H21N3O3S. The fourth-order valence-corrected chi connectivity index (χ4v) is 2.71. The summed E-state index contributed by atoms with van der Waals surface area (Å²) >= 11 is 1.25. The highest BCUT2D eigenvalue weighted by Crippen LogP contribution is 2.24. The van der Waals surface area contributed by atoms with Gasteiger partial charge in [0.15, 0.2) is 0 Å². The van der Waals surface area contributed by atoms with Crippen molar-refractivity contribution >= 4 is 17.7 Å². The molecule has 7 heteroatoms. The third kappa shape index (κ3) is 4.99. The molecule has 0 aliphatic carbocycles. The Balaban J connectivity index is 1.93. The molecule has 0 saturated heterocycles. The maximum Gasteiger partial charge on any atom is 0.277 e. The maximum absolute atomic E-state index is 12.0. The second-order valence-corrected chi connectivity index (χ2v) is 6.48. The summed E-state index contributed by atoms with van der Waals surface area (Å²) < 4.78 is 10.7. The number of benzene rings is 1. The first kappa shape index (κ1) is 17.3. The fourth-order valence-electron chi connectivity index (χ4n) is 2.00. The van der Waals surface area contributed by atoms with E-state index >= 15 is 0 Å². The maximum atomic E-state index is 12.0. The van der Waals surface area contributed by atoms with E-state index in [0.29, 0.717) is 17.0 Å². The molecule has 0 radical (unpaired) electrons. The molecule has 1 heterocycles. The summed E-state index contributed by atoms with van der Waals surface area (Å²) in [5.41, 5.74) is 0.813. The summed E-state index contributed by atoms with van der Waals surface area (Å²) in [7, 11) is 3.42.